The predicted molar refractivity (Wildman–Crippen MR) is 54.7 cm³/mol. The van der Waals surface area contributed by atoms with E-state index in [0.717, 1.165) is 6.42 Å². The SMILES string of the molecule is CC[C@@H](N)c1cc(Cl)c(N)cc1O. The quantitative estimate of drug-likeness (QED) is 0.640. The van der Waals surface area contributed by atoms with Crippen LogP contribution in [0, 0.1) is 0 Å². The summed E-state index contributed by atoms with van der Waals surface area (Å²) in [5, 5.41) is 9.93. The standard InChI is InChI=1S/C9H13ClN2O/c1-2-7(11)5-3-6(10)8(12)4-9(5)13/h3-4,7,13H,2,11-12H2,1H3/t7-/m1/s1. The zero-order valence-electron chi connectivity index (χ0n) is 7.42. The summed E-state index contributed by atoms with van der Waals surface area (Å²) in [6, 6.07) is 2.84. The van der Waals surface area contributed by atoms with E-state index in [9.17, 15) is 5.11 Å². The van der Waals surface area contributed by atoms with Crippen molar-refractivity contribution in [2.24, 2.45) is 5.73 Å². The van der Waals surface area contributed by atoms with E-state index in [1.165, 1.54) is 6.07 Å². The lowest BCUT2D eigenvalue weighted by molar-refractivity contribution is 0.460. The molecule has 4 heteroatoms. The van der Waals surface area contributed by atoms with Gasteiger partial charge < -0.3 is 16.6 Å². The molecule has 72 valence electrons. The van der Waals surface area contributed by atoms with E-state index < -0.39 is 0 Å². The largest absolute Gasteiger partial charge is 0.508 e. The third-order valence-corrected chi connectivity index (χ3v) is 2.31. The zero-order valence-corrected chi connectivity index (χ0v) is 8.17. The first-order valence-corrected chi connectivity index (χ1v) is 4.47. The minimum Gasteiger partial charge on any atom is -0.508 e. The Bertz CT molecular complexity index is 315. The van der Waals surface area contributed by atoms with E-state index in [1.807, 2.05) is 6.92 Å². The van der Waals surface area contributed by atoms with E-state index in [4.69, 9.17) is 23.1 Å². The summed E-state index contributed by atoms with van der Waals surface area (Å²) in [7, 11) is 0. The molecule has 0 fully saturated rings. The highest BCUT2D eigenvalue weighted by Crippen LogP contribution is 2.31. The fourth-order valence-electron chi connectivity index (χ4n) is 1.11. The van der Waals surface area contributed by atoms with Crippen molar-refractivity contribution in [3.8, 4) is 5.75 Å². The van der Waals surface area contributed by atoms with Gasteiger partial charge >= 0.3 is 0 Å². The van der Waals surface area contributed by atoms with Crippen LogP contribution in [0.1, 0.15) is 24.9 Å². The summed E-state index contributed by atoms with van der Waals surface area (Å²) in [5.74, 6) is 0.108. The number of phenolic OH excluding ortho intramolecular Hbond substituents is 1. The van der Waals surface area contributed by atoms with Crippen LogP contribution in [0.5, 0.6) is 5.75 Å². The molecule has 0 spiro atoms. The Balaban J connectivity index is 3.15. The van der Waals surface area contributed by atoms with Crippen LogP contribution in [0.4, 0.5) is 5.69 Å². The molecular formula is C9H13ClN2O. The fraction of sp³-hybridized carbons (Fsp3) is 0.333. The monoisotopic (exact) mass is 200 g/mol. The summed E-state index contributed by atoms with van der Waals surface area (Å²) in [6.45, 7) is 1.94. The summed E-state index contributed by atoms with van der Waals surface area (Å²) in [6.07, 6.45) is 0.744. The number of nitrogen functional groups attached to an aromatic ring is 1. The van der Waals surface area contributed by atoms with Gasteiger partial charge in [-0.05, 0) is 12.5 Å². The highest BCUT2D eigenvalue weighted by atomic mass is 35.5. The van der Waals surface area contributed by atoms with Gasteiger partial charge in [0.05, 0.1) is 10.7 Å². The molecule has 0 radical (unpaired) electrons. The van der Waals surface area contributed by atoms with E-state index in [2.05, 4.69) is 0 Å². The normalized spacial score (nSPS) is 12.8. The number of phenols is 1. The van der Waals surface area contributed by atoms with Crippen molar-refractivity contribution in [2.75, 3.05) is 5.73 Å². The maximum atomic E-state index is 9.50. The van der Waals surface area contributed by atoms with E-state index in [-0.39, 0.29) is 11.8 Å². The van der Waals surface area contributed by atoms with Crippen molar-refractivity contribution in [1.29, 1.82) is 0 Å². The minimum atomic E-state index is -0.196. The number of rotatable bonds is 2. The minimum absolute atomic E-state index is 0.108. The van der Waals surface area contributed by atoms with Gasteiger partial charge in [-0.15, -0.1) is 0 Å². The summed E-state index contributed by atoms with van der Waals surface area (Å²) >= 11 is 5.80. The summed E-state index contributed by atoms with van der Waals surface area (Å²) < 4.78 is 0. The number of aromatic hydroxyl groups is 1. The van der Waals surface area contributed by atoms with Crippen molar-refractivity contribution in [3.05, 3.63) is 22.7 Å². The van der Waals surface area contributed by atoms with Crippen LogP contribution in [0.15, 0.2) is 12.1 Å². The number of nitrogens with two attached hydrogens (primary N) is 2. The lowest BCUT2D eigenvalue weighted by Gasteiger charge is -2.12. The Morgan fingerprint density at radius 3 is 2.69 bits per heavy atom. The van der Waals surface area contributed by atoms with Gasteiger partial charge in [-0.2, -0.15) is 0 Å². The molecule has 0 unspecified atom stereocenters. The molecule has 0 bridgehead atoms. The molecule has 1 aromatic carbocycles. The zero-order chi connectivity index (χ0) is 10.0. The van der Waals surface area contributed by atoms with Crippen LogP contribution >= 0.6 is 11.6 Å². The second-order valence-corrected chi connectivity index (χ2v) is 3.35. The van der Waals surface area contributed by atoms with Crippen molar-refractivity contribution in [3.63, 3.8) is 0 Å². The lowest BCUT2D eigenvalue weighted by atomic mass is 10.0. The van der Waals surface area contributed by atoms with Gasteiger partial charge in [0.1, 0.15) is 5.75 Å². The van der Waals surface area contributed by atoms with Crippen molar-refractivity contribution in [2.45, 2.75) is 19.4 Å². The van der Waals surface area contributed by atoms with Gasteiger partial charge in [-0.25, -0.2) is 0 Å². The molecule has 0 amide bonds. The molecule has 1 aromatic rings. The van der Waals surface area contributed by atoms with Crippen molar-refractivity contribution < 1.29 is 5.11 Å². The summed E-state index contributed by atoms with van der Waals surface area (Å²) in [5.41, 5.74) is 12.3. The Hall–Kier alpha value is -0.930. The second kappa shape index (κ2) is 3.85. The van der Waals surface area contributed by atoms with Crippen LogP contribution in [-0.4, -0.2) is 5.11 Å². The van der Waals surface area contributed by atoms with Crippen LogP contribution in [-0.2, 0) is 0 Å². The average Bonchev–Trinajstić information content (AvgIpc) is 2.10. The van der Waals surface area contributed by atoms with Gasteiger partial charge in [-0.1, -0.05) is 18.5 Å². The first-order valence-electron chi connectivity index (χ1n) is 4.09. The molecule has 0 aliphatic heterocycles. The third kappa shape index (κ3) is 2.05. The maximum Gasteiger partial charge on any atom is 0.122 e. The van der Waals surface area contributed by atoms with Gasteiger partial charge in [0.25, 0.3) is 0 Å². The Labute approximate surface area is 82.3 Å². The van der Waals surface area contributed by atoms with Gasteiger partial charge in [0, 0.05) is 17.7 Å². The molecule has 0 aliphatic rings. The van der Waals surface area contributed by atoms with Gasteiger partial charge in [0.15, 0.2) is 0 Å². The highest BCUT2D eigenvalue weighted by molar-refractivity contribution is 6.33. The highest BCUT2D eigenvalue weighted by Gasteiger charge is 2.11. The van der Waals surface area contributed by atoms with Crippen LogP contribution in [0.25, 0.3) is 0 Å². The number of hydrogen-bond acceptors (Lipinski definition) is 3. The predicted octanol–water partition coefficient (Wildman–Crippen LogP) is 2.04. The summed E-state index contributed by atoms with van der Waals surface area (Å²) in [4.78, 5) is 0. The van der Waals surface area contributed by atoms with E-state index in [0.29, 0.717) is 16.3 Å². The van der Waals surface area contributed by atoms with Gasteiger partial charge in [-0.3, -0.25) is 0 Å². The lowest BCUT2D eigenvalue weighted by Crippen LogP contribution is -2.09. The number of halogens is 1. The molecule has 5 N–H and O–H groups in total. The topological polar surface area (TPSA) is 72.3 Å². The Kier molecular flexibility index (Phi) is 3.01. The maximum absolute atomic E-state index is 9.50. The fourth-order valence-corrected chi connectivity index (χ4v) is 1.28. The first-order chi connectivity index (χ1) is 6.06. The van der Waals surface area contributed by atoms with Crippen LogP contribution in [0.2, 0.25) is 5.02 Å². The number of hydrogen-bond donors (Lipinski definition) is 3. The van der Waals surface area contributed by atoms with Crippen LogP contribution < -0.4 is 11.5 Å². The average molecular weight is 201 g/mol. The Morgan fingerprint density at radius 2 is 2.15 bits per heavy atom. The molecule has 0 saturated carbocycles. The Morgan fingerprint density at radius 1 is 1.54 bits per heavy atom. The molecule has 0 saturated heterocycles. The third-order valence-electron chi connectivity index (χ3n) is 1.99. The first kappa shape index (κ1) is 10.2. The van der Waals surface area contributed by atoms with E-state index in [1.54, 1.807) is 6.07 Å². The van der Waals surface area contributed by atoms with E-state index >= 15 is 0 Å². The van der Waals surface area contributed by atoms with Crippen LogP contribution in [0.3, 0.4) is 0 Å². The molecule has 1 atom stereocenters. The van der Waals surface area contributed by atoms with Crippen molar-refractivity contribution in [1.82, 2.24) is 0 Å². The second-order valence-electron chi connectivity index (χ2n) is 2.95. The molecule has 0 aliphatic carbocycles. The van der Waals surface area contributed by atoms with Crippen molar-refractivity contribution >= 4 is 17.3 Å². The number of anilines is 1. The molecule has 0 heterocycles. The smallest absolute Gasteiger partial charge is 0.122 e. The molecule has 1 rings (SSSR count). The number of benzene rings is 1. The molecule has 13 heavy (non-hydrogen) atoms. The molecule has 0 aromatic heterocycles. The van der Waals surface area contributed by atoms with Gasteiger partial charge in [0.2, 0.25) is 0 Å². The molecule has 3 nitrogen and oxygen atoms in total. The molecular weight excluding hydrogens is 188 g/mol.